The first kappa shape index (κ1) is 18.7. The summed E-state index contributed by atoms with van der Waals surface area (Å²) in [6, 6.07) is 18.6. The zero-order valence-electron chi connectivity index (χ0n) is 14.8. The molecule has 7 heteroatoms. The molecule has 28 heavy (non-hydrogen) atoms. The Labute approximate surface area is 171 Å². The number of halogens is 1. The number of hydrogen-bond acceptors (Lipinski definition) is 4. The van der Waals surface area contributed by atoms with Crippen LogP contribution in [0, 0.1) is 0 Å². The quantitative estimate of drug-likeness (QED) is 0.636. The number of hydrogen-bond donors (Lipinski definition) is 2. The molecule has 142 valence electrons. The molecule has 2 aromatic carbocycles. The van der Waals surface area contributed by atoms with Crippen molar-refractivity contribution >= 4 is 40.9 Å². The molecule has 1 aliphatic rings. The molecule has 1 atom stereocenters. The number of para-hydroxylation sites is 1. The number of furan rings is 1. The number of rotatable bonds is 5. The SMILES string of the molecule is O=C(C[C@@H]1Sc2ccccc2NC1=O)NCc1ccc(-c2ccc(Cl)cc2)o1. The van der Waals surface area contributed by atoms with E-state index in [1.54, 1.807) is 12.1 Å². The van der Waals surface area contributed by atoms with Gasteiger partial charge in [0.05, 0.1) is 17.5 Å². The number of nitrogens with one attached hydrogen (secondary N) is 2. The van der Waals surface area contributed by atoms with Crippen LogP contribution in [0.5, 0.6) is 0 Å². The van der Waals surface area contributed by atoms with Crippen molar-refractivity contribution in [3.05, 3.63) is 71.4 Å². The summed E-state index contributed by atoms with van der Waals surface area (Å²) in [6.07, 6.45) is 0.107. The zero-order chi connectivity index (χ0) is 19.5. The van der Waals surface area contributed by atoms with Crippen LogP contribution in [0.25, 0.3) is 11.3 Å². The zero-order valence-corrected chi connectivity index (χ0v) is 16.3. The van der Waals surface area contributed by atoms with Crippen LogP contribution in [0.2, 0.25) is 5.02 Å². The van der Waals surface area contributed by atoms with Crippen molar-refractivity contribution < 1.29 is 14.0 Å². The molecule has 2 amide bonds. The van der Waals surface area contributed by atoms with Gasteiger partial charge in [0.15, 0.2) is 0 Å². The summed E-state index contributed by atoms with van der Waals surface area (Å²) in [5, 5.41) is 5.88. The normalized spacial score (nSPS) is 15.6. The van der Waals surface area contributed by atoms with Crippen molar-refractivity contribution in [3.63, 3.8) is 0 Å². The molecule has 1 aromatic heterocycles. The number of thioether (sulfide) groups is 1. The molecule has 0 fully saturated rings. The van der Waals surface area contributed by atoms with Gasteiger partial charge in [0.1, 0.15) is 11.5 Å². The molecule has 3 aromatic rings. The number of fused-ring (bicyclic) bond motifs is 1. The van der Waals surface area contributed by atoms with E-state index in [2.05, 4.69) is 10.6 Å². The summed E-state index contributed by atoms with van der Waals surface area (Å²) in [4.78, 5) is 25.5. The van der Waals surface area contributed by atoms with Crippen LogP contribution < -0.4 is 10.6 Å². The lowest BCUT2D eigenvalue weighted by molar-refractivity contribution is -0.124. The lowest BCUT2D eigenvalue weighted by Crippen LogP contribution is -2.34. The number of anilines is 1. The van der Waals surface area contributed by atoms with Crippen molar-refractivity contribution in [3.8, 4) is 11.3 Å². The molecule has 0 spiro atoms. The molecule has 2 N–H and O–H groups in total. The van der Waals surface area contributed by atoms with E-state index in [0.29, 0.717) is 16.5 Å². The van der Waals surface area contributed by atoms with Gasteiger partial charge >= 0.3 is 0 Å². The van der Waals surface area contributed by atoms with Crippen LogP contribution >= 0.6 is 23.4 Å². The Morgan fingerprint density at radius 2 is 1.89 bits per heavy atom. The van der Waals surface area contributed by atoms with E-state index in [1.807, 2.05) is 48.5 Å². The molecule has 0 radical (unpaired) electrons. The van der Waals surface area contributed by atoms with Crippen molar-refractivity contribution in [2.45, 2.75) is 23.1 Å². The summed E-state index contributed by atoms with van der Waals surface area (Å²) < 4.78 is 5.78. The number of carbonyl (C=O) groups excluding carboxylic acids is 2. The maximum Gasteiger partial charge on any atom is 0.238 e. The van der Waals surface area contributed by atoms with Gasteiger partial charge in [-0.25, -0.2) is 0 Å². The second-order valence-corrected chi connectivity index (χ2v) is 8.03. The molecule has 0 saturated carbocycles. The van der Waals surface area contributed by atoms with Gasteiger partial charge in [0.25, 0.3) is 0 Å². The van der Waals surface area contributed by atoms with Gasteiger partial charge in [-0.2, -0.15) is 0 Å². The van der Waals surface area contributed by atoms with Crippen LogP contribution in [0.1, 0.15) is 12.2 Å². The molecule has 0 bridgehead atoms. The van der Waals surface area contributed by atoms with Crippen LogP contribution in [0.4, 0.5) is 5.69 Å². The number of amides is 2. The van der Waals surface area contributed by atoms with Crippen LogP contribution in [0.15, 0.2) is 70.0 Å². The lowest BCUT2D eigenvalue weighted by Gasteiger charge is -2.23. The van der Waals surface area contributed by atoms with Gasteiger partial charge in [-0.3, -0.25) is 9.59 Å². The number of carbonyl (C=O) groups is 2. The Balaban J connectivity index is 1.33. The topological polar surface area (TPSA) is 71.3 Å². The van der Waals surface area contributed by atoms with Crippen LogP contribution in [-0.4, -0.2) is 17.1 Å². The summed E-state index contributed by atoms with van der Waals surface area (Å²) in [7, 11) is 0. The summed E-state index contributed by atoms with van der Waals surface area (Å²) in [5.74, 6) is 1.00. The maximum atomic E-state index is 12.3. The van der Waals surface area contributed by atoms with Gasteiger partial charge in [-0.05, 0) is 48.5 Å². The van der Waals surface area contributed by atoms with Gasteiger partial charge in [0, 0.05) is 21.9 Å². The molecule has 2 heterocycles. The minimum Gasteiger partial charge on any atom is -0.459 e. The van der Waals surface area contributed by atoms with E-state index in [0.717, 1.165) is 16.1 Å². The van der Waals surface area contributed by atoms with Crippen molar-refractivity contribution in [1.29, 1.82) is 0 Å². The third-order valence-corrected chi connectivity index (χ3v) is 5.85. The van der Waals surface area contributed by atoms with Gasteiger partial charge in [-0.1, -0.05) is 23.7 Å². The second-order valence-electron chi connectivity index (χ2n) is 6.35. The van der Waals surface area contributed by atoms with E-state index in [9.17, 15) is 9.59 Å². The Bertz CT molecular complexity index is 1020. The molecular weight excluding hydrogens is 396 g/mol. The average Bonchev–Trinajstić information content (AvgIpc) is 3.16. The Morgan fingerprint density at radius 3 is 2.71 bits per heavy atom. The predicted octanol–water partition coefficient (Wildman–Crippen LogP) is 4.72. The predicted molar refractivity (Wildman–Crippen MR) is 110 cm³/mol. The molecule has 0 saturated heterocycles. The highest BCUT2D eigenvalue weighted by molar-refractivity contribution is 8.01. The highest BCUT2D eigenvalue weighted by Crippen LogP contribution is 2.36. The minimum absolute atomic E-state index is 0.107. The molecule has 5 nitrogen and oxygen atoms in total. The van der Waals surface area contributed by atoms with Crippen molar-refractivity contribution in [2.75, 3.05) is 5.32 Å². The van der Waals surface area contributed by atoms with Gasteiger partial charge in [-0.15, -0.1) is 11.8 Å². The number of benzene rings is 2. The first-order valence-corrected chi connectivity index (χ1v) is 10.0. The van der Waals surface area contributed by atoms with E-state index < -0.39 is 5.25 Å². The first-order chi connectivity index (χ1) is 13.6. The highest BCUT2D eigenvalue weighted by atomic mass is 35.5. The lowest BCUT2D eigenvalue weighted by atomic mass is 10.2. The molecule has 0 aliphatic carbocycles. The Morgan fingerprint density at radius 1 is 1.11 bits per heavy atom. The van der Waals surface area contributed by atoms with E-state index in [4.69, 9.17) is 16.0 Å². The standard InChI is InChI=1S/C21H17ClN2O3S/c22-14-7-5-13(6-8-14)17-10-9-15(27-17)12-23-20(25)11-19-21(26)24-16-3-1-2-4-18(16)28-19/h1-10,19H,11-12H2,(H,23,25)(H,24,26)/t19-/m0/s1. The highest BCUT2D eigenvalue weighted by Gasteiger charge is 2.28. The smallest absolute Gasteiger partial charge is 0.238 e. The fraction of sp³-hybridized carbons (Fsp3) is 0.143. The molecular formula is C21H17ClN2O3S. The van der Waals surface area contributed by atoms with E-state index >= 15 is 0 Å². The third kappa shape index (κ3) is 4.24. The Kier molecular flexibility index (Phi) is 5.41. The van der Waals surface area contributed by atoms with E-state index in [-0.39, 0.29) is 24.8 Å². The van der Waals surface area contributed by atoms with Crippen molar-refractivity contribution in [1.82, 2.24) is 5.32 Å². The third-order valence-electron chi connectivity index (χ3n) is 4.33. The summed E-state index contributed by atoms with van der Waals surface area (Å²) >= 11 is 7.31. The van der Waals surface area contributed by atoms with E-state index in [1.165, 1.54) is 11.8 Å². The van der Waals surface area contributed by atoms with Crippen molar-refractivity contribution in [2.24, 2.45) is 0 Å². The largest absolute Gasteiger partial charge is 0.459 e. The summed E-state index contributed by atoms with van der Waals surface area (Å²) in [6.45, 7) is 0.266. The first-order valence-electron chi connectivity index (χ1n) is 8.76. The molecule has 0 unspecified atom stereocenters. The van der Waals surface area contributed by atoms with Gasteiger partial charge < -0.3 is 15.1 Å². The monoisotopic (exact) mass is 412 g/mol. The van der Waals surface area contributed by atoms with Gasteiger partial charge in [0.2, 0.25) is 11.8 Å². The average molecular weight is 413 g/mol. The fourth-order valence-electron chi connectivity index (χ4n) is 2.90. The minimum atomic E-state index is -0.448. The molecule has 1 aliphatic heterocycles. The molecule has 4 rings (SSSR count). The second kappa shape index (κ2) is 8.12. The van der Waals surface area contributed by atoms with Crippen LogP contribution in [0.3, 0.4) is 0 Å². The summed E-state index contributed by atoms with van der Waals surface area (Å²) in [5.41, 5.74) is 1.70. The maximum absolute atomic E-state index is 12.3. The van der Waals surface area contributed by atoms with Crippen LogP contribution in [-0.2, 0) is 16.1 Å². The Hall–Kier alpha value is -2.70. The fourth-order valence-corrected chi connectivity index (χ4v) is 4.13.